The van der Waals surface area contributed by atoms with Crippen molar-refractivity contribution in [1.82, 2.24) is 10.2 Å². The average molecular weight is 139 g/mol. The lowest BCUT2D eigenvalue weighted by Crippen LogP contribution is -2.49. The lowest BCUT2D eigenvalue weighted by Gasteiger charge is -2.28. The second-order valence-corrected chi connectivity index (χ2v) is 2.49. The first-order chi connectivity index (χ1) is 4.88. The highest BCUT2D eigenvalue weighted by atomic mass is 16.2. The Morgan fingerprint density at radius 3 is 3.50 bits per heavy atom. The number of hydrogen-bond donors (Lipinski definition) is 1. The van der Waals surface area contributed by atoms with Crippen molar-refractivity contribution in [3.8, 4) is 0 Å². The highest BCUT2D eigenvalue weighted by molar-refractivity contribution is 5.80. The smallest absolute Gasteiger partial charge is 0.319 e. The van der Waals surface area contributed by atoms with E-state index >= 15 is 0 Å². The molecule has 1 unspecified atom stereocenters. The van der Waals surface area contributed by atoms with E-state index in [1.54, 1.807) is 11.1 Å². The normalized spacial score (nSPS) is 30.2. The van der Waals surface area contributed by atoms with Crippen LogP contribution in [0.5, 0.6) is 0 Å². The van der Waals surface area contributed by atoms with Gasteiger partial charge in [0.2, 0.25) is 0 Å². The first-order valence-electron chi connectivity index (χ1n) is 3.44. The number of nitrogens with zero attached hydrogens (tertiary/aromatic N) is 2. The van der Waals surface area contributed by atoms with E-state index in [-0.39, 0.29) is 12.2 Å². The molecular formula is C6H9N3O. The zero-order valence-electron chi connectivity index (χ0n) is 5.58. The van der Waals surface area contributed by atoms with E-state index in [2.05, 4.69) is 10.3 Å². The van der Waals surface area contributed by atoms with E-state index in [0.717, 1.165) is 13.0 Å². The van der Waals surface area contributed by atoms with Crippen molar-refractivity contribution in [3.05, 3.63) is 0 Å². The molecule has 0 aromatic rings. The summed E-state index contributed by atoms with van der Waals surface area (Å²) in [4.78, 5) is 16.9. The number of fused-ring (bicyclic) bond motifs is 1. The van der Waals surface area contributed by atoms with Crippen molar-refractivity contribution >= 4 is 12.2 Å². The number of nitrogens with one attached hydrogen (secondary N) is 1. The van der Waals surface area contributed by atoms with Gasteiger partial charge in [0.25, 0.3) is 0 Å². The van der Waals surface area contributed by atoms with Gasteiger partial charge in [0.1, 0.15) is 6.17 Å². The average Bonchev–Trinajstić information content (AvgIpc) is 2.36. The van der Waals surface area contributed by atoms with Gasteiger partial charge in [-0.1, -0.05) is 0 Å². The van der Waals surface area contributed by atoms with Crippen LogP contribution in [0.15, 0.2) is 4.99 Å². The summed E-state index contributed by atoms with van der Waals surface area (Å²) in [6.45, 7) is 1.44. The predicted molar refractivity (Wildman–Crippen MR) is 37.0 cm³/mol. The van der Waals surface area contributed by atoms with Crippen LogP contribution in [0.1, 0.15) is 6.42 Å². The molecule has 0 aromatic carbocycles. The monoisotopic (exact) mass is 139 g/mol. The van der Waals surface area contributed by atoms with Crippen LogP contribution in [-0.2, 0) is 0 Å². The highest BCUT2D eigenvalue weighted by Gasteiger charge is 2.28. The number of aliphatic imine (C=N–C) groups is 1. The summed E-state index contributed by atoms with van der Waals surface area (Å²) < 4.78 is 0. The first-order valence-corrected chi connectivity index (χ1v) is 3.44. The molecule has 0 aromatic heterocycles. The fraction of sp³-hybridized carbons (Fsp3) is 0.667. The van der Waals surface area contributed by atoms with Gasteiger partial charge in [-0.25, -0.2) is 4.79 Å². The zero-order chi connectivity index (χ0) is 6.97. The molecule has 1 atom stereocenters. The molecule has 4 heteroatoms. The molecule has 2 aliphatic heterocycles. The van der Waals surface area contributed by atoms with Crippen molar-refractivity contribution in [3.63, 3.8) is 0 Å². The Kier molecular flexibility index (Phi) is 1.12. The van der Waals surface area contributed by atoms with Crippen LogP contribution in [0.2, 0.25) is 0 Å². The quantitative estimate of drug-likeness (QED) is 0.496. The Balaban J connectivity index is 2.14. The van der Waals surface area contributed by atoms with Crippen molar-refractivity contribution in [2.24, 2.45) is 4.99 Å². The number of carbonyl (C=O) groups is 1. The molecular weight excluding hydrogens is 130 g/mol. The number of carbonyl (C=O) groups excluding carboxylic acids is 1. The fourth-order valence-electron chi connectivity index (χ4n) is 1.32. The van der Waals surface area contributed by atoms with Gasteiger partial charge < -0.3 is 5.32 Å². The second kappa shape index (κ2) is 1.97. The van der Waals surface area contributed by atoms with E-state index in [0.29, 0.717) is 6.54 Å². The van der Waals surface area contributed by atoms with Crippen molar-refractivity contribution < 1.29 is 4.79 Å². The van der Waals surface area contributed by atoms with E-state index in [9.17, 15) is 4.79 Å². The Morgan fingerprint density at radius 1 is 1.80 bits per heavy atom. The molecule has 0 saturated carbocycles. The Bertz CT molecular complexity index is 189. The molecule has 0 radical (unpaired) electrons. The molecule has 0 aliphatic carbocycles. The molecule has 2 rings (SSSR count). The summed E-state index contributed by atoms with van der Waals surface area (Å²) in [5.74, 6) is 0. The van der Waals surface area contributed by atoms with Gasteiger partial charge in [-0.05, 0) is 0 Å². The summed E-state index contributed by atoms with van der Waals surface area (Å²) in [6, 6.07) is 0.0220. The number of amides is 2. The minimum absolute atomic E-state index is 0.0220. The predicted octanol–water partition coefficient (Wildman–Crippen LogP) is -0.188. The van der Waals surface area contributed by atoms with Gasteiger partial charge in [0.05, 0.1) is 6.54 Å². The minimum Gasteiger partial charge on any atom is -0.338 e. The van der Waals surface area contributed by atoms with Crippen LogP contribution in [-0.4, -0.2) is 36.4 Å². The maximum Gasteiger partial charge on any atom is 0.319 e. The zero-order valence-corrected chi connectivity index (χ0v) is 5.58. The van der Waals surface area contributed by atoms with Gasteiger partial charge in [-0.15, -0.1) is 0 Å². The fourth-order valence-corrected chi connectivity index (χ4v) is 1.32. The molecule has 4 nitrogen and oxygen atoms in total. The Morgan fingerprint density at radius 2 is 2.70 bits per heavy atom. The van der Waals surface area contributed by atoms with E-state index in [1.807, 2.05) is 0 Å². The van der Waals surface area contributed by atoms with Crippen LogP contribution in [0.4, 0.5) is 4.79 Å². The van der Waals surface area contributed by atoms with Gasteiger partial charge in [0.15, 0.2) is 0 Å². The third-order valence-corrected chi connectivity index (χ3v) is 1.86. The third kappa shape index (κ3) is 0.683. The lowest BCUT2D eigenvalue weighted by molar-refractivity contribution is 0.175. The van der Waals surface area contributed by atoms with Crippen molar-refractivity contribution in [2.45, 2.75) is 12.6 Å². The molecule has 10 heavy (non-hydrogen) atoms. The van der Waals surface area contributed by atoms with Crippen LogP contribution in [0, 0.1) is 0 Å². The van der Waals surface area contributed by atoms with Gasteiger partial charge >= 0.3 is 6.03 Å². The maximum absolute atomic E-state index is 11.0. The Hall–Kier alpha value is -1.06. The molecule has 0 bridgehead atoms. The number of rotatable bonds is 0. The van der Waals surface area contributed by atoms with Crippen LogP contribution in [0.3, 0.4) is 0 Å². The number of hydrogen-bond acceptors (Lipinski definition) is 2. The number of urea groups is 1. The summed E-state index contributed by atoms with van der Waals surface area (Å²) >= 11 is 0. The summed E-state index contributed by atoms with van der Waals surface area (Å²) in [5, 5.41) is 2.76. The standard InChI is InChI=1S/C6H9N3O/c10-6-8-2-1-5-7-3-4-9(5)6/h3,5H,1-2,4H2,(H,8,10). The largest absolute Gasteiger partial charge is 0.338 e. The van der Waals surface area contributed by atoms with Crippen LogP contribution >= 0.6 is 0 Å². The minimum atomic E-state index is 0.0220. The topological polar surface area (TPSA) is 44.7 Å². The first kappa shape index (κ1) is 5.70. The van der Waals surface area contributed by atoms with Crippen molar-refractivity contribution in [2.75, 3.05) is 13.1 Å². The van der Waals surface area contributed by atoms with Crippen LogP contribution in [0.25, 0.3) is 0 Å². The third-order valence-electron chi connectivity index (χ3n) is 1.86. The van der Waals surface area contributed by atoms with Gasteiger partial charge in [-0.3, -0.25) is 9.89 Å². The summed E-state index contributed by atoms with van der Waals surface area (Å²) in [6.07, 6.45) is 2.88. The molecule has 1 saturated heterocycles. The molecule has 1 N–H and O–H groups in total. The summed E-state index contributed by atoms with van der Waals surface area (Å²) in [5.41, 5.74) is 0. The van der Waals surface area contributed by atoms with Gasteiger partial charge in [-0.2, -0.15) is 0 Å². The molecule has 2 heterocycles. The van der Waals surface area contributed by atoms with E-state index in [4.69, 9.17) is 0 Å². The Labute approximate surface area is 58.9 Å². The highest BCUT2D eigenvalue weighted by Crippen LogP contribution is 2.13. The summed E-state index contributed by atoms with van der Waals surface area (Å²) in [7, 11) is 0. The molecule has 54 valence electrons. The molecule has 0 spiro atoms. The van der Waals surface area contributed by atoms with Crippen LogP contribution < -0.4 is 5.32 Å². The molecule has 2 aliphatic rings. The molecule has 2 amide bonds. The van der Waals surface area contributed by atoms with E-state index < -0.39 is 0 Å². The van der Waals surface area contributed by atoms with E-state index in [1.165, 1.54) is 0 Å². The maximum atomic E-state index is 11.0. The lowest BCUT2D eigenvalue weighted by atomic mass is 10.3. The second-order valence-electron chi connectivity index (χ2n) is 2.49. The SMILES string of the molecule is O=C1NCCC2N=CCN12. The molecule has 1 fully saturated rings. The van der Waals surface area contributed by atoms with Gasteiger partial charge in [0, 0.05) is 19.2 Å². The van der Waals surface area contributed by atoms with Crippen molar-refractivity contribution in [1.29, 1.82) is 0 Å².